The first-order chi connectivity index (χ1) is 54.0. The van der Waals surface area contributed by atoms with E-state index in [-0.39, 0.29) is 83.7 Å². The molecule has 9 bridgehead atoms. The third-order valence-electron chi connectivity index (χ3n) is 22.3. The Morgan fingerprint density at radius 2 is 1.03 bits per heavy atom. The number of nitrogens with zero attached hydrogens (tertiary/aromatic N) is 3. The number of Topliss-reactive ketones (excluding diaryl/α,β-unsaturated/α-hetero) is 3. The number of fused-ring (bicyclic) bond motifs is 16. The van der Waals surface area contributed by atoms with Crippen LogP contribution in [0, 0.1) is 75.0 Å². The van der Waals surface area contributed by atoms with Crippen molar-refractivity contribution in [3.63, 3.8) is 0 Å². The monoisotopic (exact) mass is 1590 g/mol. The number of hydrogen-bond donors (Lipinski definition) is 10. The molecule has 0 unspecified atom stereocenters. The van der Waals surface area contributed by atoms with Gasteiger partial charge in [0, 0.05) is 135 Å². The number of nitrogen functional groups attached to an aromatic ring is 1. The van der Waals surface area contributed by atoms with Crippen molar-refractivity contribution < 1.29 is 112 Å². The molecule has 1 aliphatic carbocycles. The van der Waals surface area contributed by atoms with Gasteiger partial charge in [-0.25, -0.2) is 9.97 Å². The molecule has 0 saturated heterocycles. The van der Waals surface area contributed by atoms with Crippen LogP contribution in [0.2, 0.25) is 0 Å². The van der Waals surface area contributed by atoms with Crippen molar-refractivity contribution in [2.75, 3.05) is 25.3 Å². The van der Waals surface area contributed by atoms with Crippen LogP contribution in [0.15, 0.2) is 121 Å². The molecule has 0 spiro atoms. The third kappa shape index (κ3) is 17.6. The second-order valence-electron chi connectivity index (χ2n) is 30.7. The number of esters is 2. The van der Waals surface area contributed by atoms with Gasteiger partial charge in [0.25, 0.3) is 23.4 Å². The number of hydrogen-bond acceptors (Lipinski definition) is 26. The minimum Gasteiger partial charge on any atom is -0.507 e. The Kier molecular flexibility index (Phi) is 27.0. The average molecular weight is 1590 g/mol. The molecule has 8 heterocycles. The molecule has 0 radical (unpaired) electrons. The summed E-state index contributed by atoms with van der Waals surface area (Å²) >= 11 is 0. The lowest BCUT2D eigenvalue weighted by Gasteiger charge is -2.38. The molecule has 29 nitrogen and oxygen atoms in total. The van der Waals surface area contributed by atoms with Gasteiger partial charge in [0.05, 0.1) is 82.5 Å². The van der Waals surface area contributed by atoms with Crippen molar-refractivity contribution in [1.82, 2.24) is 19.7 Å². The number of pyridine rings is 2. The number of rotatable bonds is 4. The standard InChI is InChI=1S/C43H51N3O11.C37H45NO12.C6H8N2/c1-19-14-16-46-28(18-19)44-32-29-30-37(50)25(7)40-31(29)41(52)43(9,57-40)55-17-15-27(54-10)22(4)39(56-26(8)47)24(6)36(49)23(5)35(48)20(2)12-11-13-21(3)42(53)45-33(34(32)46)38(30)51;1-16-11-10-12-17(2)36(46)38-23-15-24(40)26-27(32(23)44)31(43)21(6)34-28(26)35(45)37(8,50-34)48-14-13-25(47-9)18(3)33(49-22(7)39)20(5)30(42)19(4)29(16)41;1-5-2-3-8-6(7)4-5/h11-18,20,22-24,27,35-36,39,48-51H,1-10H3,(H,45,53);10-16,18-20,25,29-30,33,41-43H,1-9H3,(H,38,46);2-4H,1H3,(H2,7,8)/b12-11+,17-15+,21-13-;11-10+,14-13+,17-12-;/t20-,22+,23+,24+,27-,35-,36+,39+,43-;16-,18+,19+,20+,25-,29-,30+,33+,37-;/m00./s1. The van der Waals surface area contributed by atoms with E-state index in [1.165, 1.54) is 87.2 Å². The zero-order chi connectivity index (χ0) is 85.2. The van der Waals surface area contributed by atoms with Crippen molar-refractivity contribution in [1.29, 1.82) is 0 Å². The summed E-state index contributed by atoms with van der Waals surface area (Å²) in [5.41, 5.74) is 7.37. The number of aliphatic hydroxyl groups is 4. The number of carbonyl (C=O) groups excluding carboxylic acids is 8. The van der Waals surface area contributed by atoms with Gasteiger partial charge in [-0.1, -0.05) is 91.8 Å². The van der Waals surface area contributed by atoms with Gasteiger partial charge < -0.3 is 90.0 Å². The number of ketones is 4. The lowest BCUT2D eigenvalue weighted by molar-refractivity contribution is -0.161. The van der Waals surface area contributed by atoms with Crippen LogP contribution in [0.4, 0.5) is 11.5 Å². The maximum Gasteiger partial charge on any atom is 0.312 e. The van der Waals surface area contributed by atoms with Crippen molar-refractivity contribution in [3.8, 4) is 28.7 Å². The quantitative estimate of drug-likeness (QED) is 0.0579. The number of imidazole rings is 1. The smallest absolute Gasteiger partial charge is 0.312 e. The topological polar surface area (TPSA) is 432 Å². The second kappa shape index (κ2) is 35.3. The zero-order valence-electron chi connectivity index (χ0n) is 68.1. The summed E-state index contributed by atoms with van der Waals surface area (Å²) < 4.78 is 48.6. The van der Waals surface area contributed by atoms with Gasteiger partial charge in [-0.2, -0.15) is 0 Å². The fourth-order valence-electron chi connectivity index (χ4n) is 15.2. The number of allylic oxidation sites excluding steroid dienone is 6. The first-order valence-electron chi connectivity index (χ1n) is 37.8. The Bertz CT molecular complexity index is 5070. The molecule has 616 valence electrons. The highest BCUT2D eigenvalue weighted by Gasteiger charge is 2.53. The number of aromatic nitrogens is 3. The zero-order valence-corrected chi connectivity index (χ0v) is 68.1. The molecule has 18 atom stereocenters. The van der Waals surface area contributed by atoms with E-state index in [1.807, 2.05) is 38.1 Å². The van der Waals surface area contributed by atoms with E-state index >= 15 is 0 Å². The van der Waals surface area contributed by atoms with Gasteiger partial charge in [-0.05, 0) is 89.1 Å². The highest BCUT2D eigenvalue weighted by atomic mass is 16.7. The number of phenols is 3. The van der Waals surface area contributed by atoms with Crippen LogP contribution in [0.3, 0.4) is 0 Å². The van der Waals surface area contributed by atoms with Gasteiger partial charge in [0.2, 0.25) is 5.78 Å². The molecule has 3 aromatic carbocycles. The van der Waals surface area contributed by atoms with E-state index in [0.717, 1.165) is 23.5 Å². The van der Waals surface area contributed by atoms with Gasteiger partial charge in [-0.15, -0.1) is 0 Å². The van der Waals surface area contributed by atoms with Crippen molar-refractivity contribution in [2.45, 2.75) is 185 Å². The molecule has 5 aliphatic heterocycles. The van der Waals surface area contributed by atoms with Gasteiger partial charge in [0.1, 0.15) is 63.4 Å². The predicted octanol–water partition coefficient (Wildman–Crippen LogP) is 10.8. The molecule has 0 saturated carbocycles. The summed E-state index contributed by atoms with van der Waals surface area (Å²) in [5, 5.41) is 85.4. The summed E-state index contributed by atoms with van der Waals surface area (Å²) in [6.45, 7) is 29.0. The van der Waals surface area contributed by atoms with E-state index in [0.29, 0.717) is 11.5 Å². The fourth-order valence-corrected chi connectivity index (χ4v) is 15.2. The number of aryl methyl sites for hydroxylation is 2. The molecular weight excluding hydrogens is 1480 g/mol. The summed E-state index contributed by atoms with van der Waals surface area (Å²) in [6, 6.07) is 7.38. The number of carbonyl (C=O) groups is 8. The van der Waals surface area contributed by atoms with Crippen LogP contribution >= 0.6 is 0 Å². The number of nitrogens with two attached hydrogens (primary N) is 1. The average Bonchev–Trinajstić information content (AvgIpc) is 1.56. The van der Waals surface area contributed by atoms with Gasteiger partial charge in [-0.3, -0.25) is 42.8 Å². The number of methoxy groups -OCH3 is 2. The number of amides is 2. The first kappa shape index (κ1) is 87.9. The fraction of sp³-hybridized carbons (Fsp3) is 0.442. The van der Waals surface area contributed by atoms with E-state index in [1.54, 1.807) is 109 Å². The van der Waals surface area contributed by atoms with Crippen LogP contribution < -0.4 is 25.8 Å². The number of benzene rings is 3. The maximum atomic E-state index is 14.6. The number of anilines is 2. The van der Waals surface area contributed by atoms with Crippen LogP contribution in [-0.4, -0.2) is 172 Å². The van der Waals surface area contributed by atoms with Crippen molar-refractivity contribution in [3.05, 3.63) is 165 Å². The van der Waals surface area contributed by atoms with E-state index in [2.05, 4.69) is 15.6 Å². The third-order valence-corrected chi connectivity index (χ3v) is 22.3. The first-order valence-corrected chi connectivity index (χ1v) is 37.8. The number of nitrogens with one attached hydrogen (secondary N) is 2. The van der Waals surface area contributed by atoms with Crippen LogP contribution in [-0.2, 0) is 47.6 Å². The van der Waals surface area contributed by atoms with E-state index in [4.69, 9.17) is 48.6 Å². The summed E-state index contributed by atoms with van der Waals surface area (Å²) in [5.74, 6) is -15.4. The van der Waals surface area contributed by atoms with E-state index < -0.39 is 177 Å². The molecule has 6 aromatic rings. The SMILES string of the molecule is CO[C@H]1/C=C/O[C@@]2(C)Oc3c(C)c(O)c4c(O)c(c5c(nc6cc(C)ccn65)c4c3C2=O)NC(=O)/C(C)=C\C=C\[C@H](C)[C@H](O)[C@@H](C)[C@@H](O)[C@@H](C)[C@H](OC(C)=O)[C@@H]1C.CO[C@H]1/C=C/O[C@@]2(C)Oc3c(C)c(O)c4c(c3C2=O)C(=O)C=C(NC(=O)/C(C)=C\C=C\[C@H](C)[C@H](O)[C@@H](C)[C@@H](O)[C@@H](C)[C@H](OC(C)=O)[C@@H]1C)C4=O.Cc1ccnc(N)c1. The minimum atomic E-state index is -2.03. The highest BCUT2D eigenvalue weighted by Crippen LogP contribution is 2.55. The lowest BCUT2D eigenvalue weighted by Crippen LogP contribution is -2.46. The normalized spacial score (nSPS) is 30.9. The molecule has 0 fully saturated rings. The van der Waals surface area contributed by atoms with Crippen molar-refractivity contribution >= 4 is 85.8 Å². The number of phenolic OH excluding ortho intramolecular Hbond substituents is 3. The summed E-state index contributed by atoms with van der Waals surface area (Å²) in [6.07, 6.45) is 11.6. The Balaban J connectivity index is 0.000000241. The number of aromatic hydroxyl groups is 3. The van der Waals surface area contributed by atoms with Crippen molar-refractivity contribution in [2.24, 2.45) is 47.3 Å². The summed E-state index contributed by atoms with van der Waals surface area (Å²) in [4.78, 5) is 116. The van der Waals surface area contributed by atoms with Crippen LogP contribution in [0.1, 0.15) is 161 Å². The highest BCUT2D eigenvalue weighted by molar-refractivity contribution is 6.31. The molecule has 3 aromatic heterocycles. The number of ether oxygens (including phenoxy) is 8. The Morgan fingerprint density at radius 1 is 0.565 bits per heavy atom. The molecule has 115 heavy (non-hydrogen) atoms. The summed E-state index contributed by atoms with van der Waals surface area (Å²) in [7, 11) is 2.88. The van der Waals surface area contributed by atoms with Crippen LogP contribution in [0.5, 0.6) is 28.7 Å². The predicted molar refractivity (Wildman–Crippen MR) is 426 cm³/mol. The minimum absolute atomic E-state index is 0.00885. The molecule has 12 rings (SSSR count). The largest absolute Gasteiger partial charge is 0.507 e. The molecule has 29 heteroatoms. The molecular formula is C86H104N6O23. The molecule has 6 aliphatic rings. The molecule has 11 N–H and O–H groups in total. The lowest BCUT2D eigenvalue weighted by atomic mass is 9.78. The Labute approximate surface area is 666 Å². The second-order valence-corrected chi connectivity index (χ2v) is 30.7. The number of aliphatic hydroxyl groups excluding tert-OH is 4. The van der Waals surface area contributed by atoms with Crippen LogP contribution in [0.25, 0.3) is 27.5 Å². The Hall–Kier alpha value is -11.1. The van der Waals surface area contributed by atoms with Gasteiger partial charge >= 0.3 is 23.5 Å². The van der Waals surface area contributed by atoms with Gasteiger partial charge in [0.15, 0.2) is 11.5 Å². The maximum absolute atomic E-state index is 14.6. The Morgan fingerprint density at radius 3 is 1.50 bits per heavy atom. The van der Waals surface area contributed by atoms with E-state index in [9.17, 15) is 74.1 Å². The molecule has 2 amide bonds.